The number of para-hydroxylation sites is 3. The Kier molecular flexibility index (Phi) is 4.07. The molecule has 0 radical (unpaired) electrons. The lowest BCUT2D eigenvalue weighted by molar-refractivity contribution is 0.0699. The Morgan fingerprint density at radius 2 is 2.07 bits per heavy atom. The molecule has 27 heavy (non-hydrogen) atoms. The number of rotatable bonds is 2. The van der Waals surface area contributed by atoms with E-state index in [1.807, 2.05) is 41.3 Å². The molecule has 1 amide bonds. The molecule has 2 aliphatic rings. The molecule has 5 rings (SSSR count). The van der Waals surface area contributed by atoms with E-state index in [-0.39, 0.29) is 11.8 Å². The minimum Gasteiger partial charge on any atom is -0.440 e. The van der Waals surface area contributed by atoms with E-state index in [9.17, 15) is 4.79 Å². The summed E-state index contributed by atoms with van der Waals surface area (Å²) in [5.41, 5.74) is 4.78. The molecule has 1 aromatic heterocycles. The van der Waals surface area contributed by atoms with Crippen molar-refractivity contribution in [2.45, 2.75) is 31.6 Å². The van der Waals surface area contributed by atoms with Gasteiger partial charge in [0.1, 0.15) is 5.52 Å². The fourth-order valence-electron chi connectivity index (χ4n) is 4.29. The molecule has 0 spiro atoms. The second-order valence-electron chi connectivity index (χ2n) is 7.48. The molecule has 2 aliphatic heterocycles. The average Bonchev–Trinajstić information content (AvgIpc) is 3.17. The number of carbonyl (C=O) groups is 1. The number of hydrogen-bond donors (Lipinski definition) is 1. The normalized spacial score (nSPS) is 19.6. The Bertz CT molecular complexity index is 961. The van der Waals surface area contributed by atoms with Crippen LogP contribution >= 0.6 is 0 Å². The summed E-state index contributed by atoms with van der Waals surface area (Å²) in [6.45, 7) is 2.39. The van der Waals surface area contributed by atoms with E-state index in [0.29, 0.717) is 6.54 Å². The summed E-state index contributed by atoms with van der Waals surface area (Å²) in [5, 5.41) is 3.43. The van der Waals surface area contributed by atoms with Gasteiger partial charge in [-0.3, -0.25) is 4.79 Å². The number of carbonyl (C=O) groups excluding carboxylic acids is 1. The molecule has 0 bridgehead atoms. The molecule has 1 atom stereocenters. The van der Waals surface area contributed by atoms with Gasteiger partial charge in [0.2, 0.25) is 0 Å². The van der Waals surface area contributed by atoms with Crippen molar-refractivity contribution in [2.75, 3.05) is 25.0 Å². The number of nitrogens with zero attached hydrogens (tertiary/aromatic N) is 2. The minimum absolute atomic E-state index is 0.113. The number of likely N-dealkylation sites (tertiary alicyclic amines) is 1. The van der Waals surface area contributed by atoms with E-state index in [4.69, 9.17) is 4.42 Å². The van der Waals surface area contributed by atoms with Crippen molar-refractivity contribution in [2.24, 2.45) is 0 Å². The van der Waals surface area contributed by atoms with Crippen molar-refractivity contribution >= 4 is 22.7 Å². The lowest BCUT2D eigenvalue weighted by Gasteiger charge is -2.32. The number of anilines is 1. The van der Waals surface area contributed by atoms with Gasteiger partial charge in [-0.2, -0.15) is 0 Å². The monoisotopic (exact) mass is 361 g/mol. The second kappa shape index (κ2) is 6.72. The zero-order valence-corrected chi connectivity index (χ0v) is 15.3. The van der Waals surface area contributed by atoms with Crippen LogP contribution in [0.15, 0.2) is 46.9 Å². The van der Waals surface area contributed by atoms with Crippen LogP contribution in [-0.4, -0.2) is 35.4 Å². The topological polar surface area (TPSA) is 58.4 Å². The number of nitrogens with one attached hydrogen (secondary N) is 1. The van der Waals surface area contributed by atoms with Crippen LogP contribution in [0.2, 0.25) is 0 Å². The average molecular weight is 361 g/mol. The Morgan fingerprint density at radius 1 is 1.15 bits per heavy atom. The smallest absolute Gasteiger partial charge is 0.255 e. The van der Waals surface area contributed by atoms with Crippen LogP contribution in [0.5, 0.6) is 0 Å². The van der Waals surface area contributed by atoms with Crippen LogP contribution in [0.3, 0.4) is 0 Å². The zero-order chi connectivity index (χ0) is 18.2. The fourth-order valence-corrected chi connectivity index (χ4v) is 4.29. The Labute approximate surface area is 158 Å². The third-order valence-corrected chi connectivity index (χ3v) is 5.67. The minimum atomic E-state index is 0.113. The number of amides is 1. The lowest BCUT2D eigenvalue weighted by atomic mass is 9.95. The largest absolute Gasteiger partial charge is 0.440 e. The first-order valence-electron chi connectivity index (χ1n) is 9.80. The van der Waals surface area contributed by atoms with Gasteiger partial charge >= 0.3 is 0 Å². The zero-order valence-electron chi connectivity index (χ0n) is 15.3. The van der Waals surface area contributed by atoms with Crippen LogP contribution in [0, 0.1) is 0 Å². The van der Waals surface area contributed by atoms with Crippen LogP contribution in [-0.2, 0) is 6.42 Å². The molecule has 3 aromatic rings. The number of aromatic nitrogens is 1. The standard InChI is InChI=1S/C22H23N3O2/c26-22(17-9-3-6-15-7-4-12-23-20(15)17)25-13-5-8-16(14-25)21-24-18-10-1-2-11-19(18)27-21/h1-3,6,9-11,16,23H,4-5,7-8,12-14H2. The molecule has 138 valence electrons. The van der Waals surface area contributed by atoms with Gasteiger partial charge in [0.15, 0.2) is 11.5 Å². The quantitative estimate of drug-likeness (QED) is 0.743. The molecule has 1 fully saturated rings. The molecule has 2 aromatic carbocycles. The highest BCUT2D eigenvalue weighted by molar-refractivity contribution is 6.00. The summed E-state index contributed by atoms with van der Waals surface area (Å²) in [6.07, 6.45) is 4.13. The van der Waals surface area contributed by atoms with Crippen molar-refractivity contribution in [3.8, 4) is 0 Å². The first kappa shape index (κ1) is 16.4. The van der Waals surface area contributed by atoms with E-state index < -0.39 is 0 Å². The maximum Gasteiger partial charge on any atom is 0.255 e. The molecule has 5 heteroatoms. The van der Waals surface area contributed by atoms with E-state index in [1.54, 1.807) is 0 Å². The van der Waals surface area contributed by atoms with Crippen molar-refractivity contribution in [1.29, 1.82) is 0 Å². The first-order chi connectivity index (χ1) is 13.3. The summed E-state index contributed by atoms with van der Waals surface area (Å²) >= 11 is 0. The third-order valence-electron chi connectivity index (χ3n) is 5.67. The molecular weight excluding hydrogens is 338 g/mol. The molecule has 1 unspecified atom stereocenters. The van der Waals surface area contributed by atoms with E-state index in [0.717, 1.165) is 67.0 Å². The predicted molar refractivity (Wildman–Crippen MR) is 105 cm³/mol. The number of hydrogen-bond acceptors (Lipinski definition) is 4. The van der Waals surface area contributed by atoms with Gasteiger partial charge in [0.05, 0.1) is 17.2 Å². The Balaban J connectivity index is 1.40. The maximum atomic E-state index is 13.3. The third kappa shape index (κ3) is 2.97. The van der Waals surface area contributed by atoms with Crippen molar-refractivity contribution < 1.29 is 9.21 Å². The highest BCUT2D eigenvalue weighted by Crippen LogP contribution is 2.32. The van der Waals surface area contributed by atoms with Gasteiger partial charge in [0, 0.05) is 19.6 Å². The van der Waals surface area contributed by atoms with E-state index in [2.05, 4.69) is 16.4 Å². The van der Waals surface area contributed by atoms with E-state index >= 15 is 0 Å². The van der Waals surface area contributed by atoms with Crippen molar-refractivity contribution in [1.82, 2.24) is 9.88 Å². The molecule has 0 aliphatic carbocycles. The van der Waals surface area contributed by atoms with Crippen molar-refractivity contribution in [3.63, 3.8) is 0 Å². The fraction of sp³-hybridized carbons (Fsp3) is 0.364. The molecule has 0 saturated carbocycles. The first-order valence-corrected chi connectivity index (χ1v) is 9.80. The van der Waals surface area contributed by atoms with Gasteiger partial charge in [-0.25, -0.2) is 4.98 Å². The lowest BCUT2D eigenvalue weighted by Crippen LogP contribution is -2.39. The molecule has 1 saturated heterocycles. The summed E-state index contributed by atoms with van der Waals surface area (Å²) in [5.74, 6) is 1.02. The number of piperidine rings is 1. The van der Waals surface area contributed by atoms with Gasteiger partial charge in [0.25, 0.3) is 5.91 Å². The van der Waals surface area contributed by atoms with Crippen molar-refractivity contribution in [3.05, 3.63) is 59.5 Å². The van der Waals surface area contributed by atoms with Crippen LogP contribution in [0.1, 0.15) is 47.0 Å². The number of fused-ring (bicyclic) bond motifs is 2. The van der Waals surface area contributed by atoms with Crippen LogP contribution < -0.4 is 5.32 Å². The Hall–Kier alpha value is -2.82. The van der Waals surface area contributed by atoms with E-state index in [1.165, 1.54) is 5.56 Å². The van der Waals surface area contributed by atoms with Gasteiger partial charge in [-0.15, -0.1) is 0 Å². The highest BCUT2D eigenvalue weighted by Gasteiger charge is 2.30. The summed E-state index contributed by atoms with van der Waals surface area (Å²) in [7, 11) is 0. The Morgan fingerprint density at radius 3 is 3.00 bits per heavy atom. The maximum absolute atomic E-state index is 13.3. The van der Waals surface area contributed by atoms with Crippen LogP contribution in [0.25, 0.3) is 11.1 Å². The number of aryl methyl sites for hydroxylation is 1. The highest BCUT2D eigenvalue weighted by atomic mass is 16.3. The second-order valence-corrected chi connectivity index (χ2v) is 7.48. The number of benzene rings is 2. The SMILES string of the molecule is O=C(c1cccc2c1NCCC2)N1CCCC(c2nc3ccccc3o2)C1. The predicted octanol–water partition coefficient (Wildman–Crippen LogP) is 4.21. The molecule has 5 nitrogen and oxygen atoms in total. The molecule has 3 heterocycles. The van der Waals surface area contributed by atoms with Crippen LogP contribution in [0.4, 0.5) is 5.69 Å². The summed E-state index contributed by atoms with van der Waals surface area (Å²) in [4.78, 5) is 19.9. The molecule has 1 N–H and O–H groups in total. The van der Waals surface area contributed by atoms with Gasteiger partial charge in [-0.1, -0.05) is 24.3 Å². The summed E-state index contributed by atoms with van der Waals surface area (Å²) in [6, 6.07) is 13.9. The molecular formula is C22H23N3O2. The van der Waals surface area contributed by atoms with Gasteiger partial charge in [-0.05, 0) is 49.4 Å². The number of oxazole rings is 1. The van der Waals surface area contributed by atoms with Gasteiger partial charge < -0.3 is 14.6 Å². The summed E-state index contributed by atoms with van der Waals surface area (Å²) < 4.78 is 5.97.